The van der Waals surface area contributed by atoms with Gasteiger partial charge in [-0.1, -0.05) is 31.5 Å². The molecule has 0 aromatic carbocycles. The highest BCUT2D eigenvalue weighted by atomic mass is 35.5. The molecule has 4 fully saturated rings. The second-order valence-corrected chi connectivity index (χ2v) is 12.5. The Morgan fingerprint density at radius 3 is 1.55 bits per heavy atom. The number of nitrogens with zero attached hydrogens (tertiary/aromatic N) is 5. The van der Waals surface area contributed by atoms with Gasteiger partial charge in [0.15, 0.2) is 12.6 Å². The van der Waals surface area contributed by atoms with Crippen LogP contribution >= 0.6 is 11.6 Å². The summed E-state index contributed by atoms with van der Waals surface area (Å²) in [5.41, 5.74) is 4.67. The minimum absolute atomic E-state index is 0.0847. The number of halogens is 1. The number of aliphatic hydroxyl groups excluding tert-OH is 1. The zero-order valence-electron chi connectivity index (χ0n) is 25.0. The first kappa shape index (κ1) is 30.1. The van der Waals surface area contributed by atoms with E-state index in [0.717, 1.165) is 103 Å². The van der Waals surface area contributed by atoms with Gasteiger partial charge in [-0.2, -0.15) is 0 Å². The number of carbonyl (C=O) groups is 2. The van der Waals surface area contributed by atoms with Crippen LogP contribution in [0, 0.1) is 56.3 Å². The van der Waals surface area contributed by atoms with Crippen LogP contribution < -0.4 is 9.80 Å². The minimum atomic E-state index is 0.0847. The molecule has 0 bridgehead atoms. The van der Waals surface area contributed by atoms with Gasteiger partial charge in [-0.15, -0.1) is 0 Å². The van der Waals surface area contributed by atoms with E-state index in [1.54, 1.807) is 19.1 Å². The van der Waals surface area contributed by atoms with Crippen LogP contribution in [0.4, 0.5) is 11.6 Å². The third-order valence-corrected chi connectivity index (χ3v) is 9.91. The SMILES string of the molecule is Cc1nc(Cl)ccc1C=O.Cc1nc(N2C[C@@H]3C(C)[C@@H]3C2)ccc1C=O.Cc1nc(N2C[C@@H]3C(C)[C@@H]3C2)ccc1CO. The summed E-state index contributed by atoms with van der Waals surface area (Å²) in [6, 6.07) is 11.1. The molecule has 8 nitrogen and oxygen atoms in total. The fourth-order valence-electron chi connectivity index (χ4n) is 6.47. The van der Waals surface area contributed by atoms with Crippen LogP contribution in [-0.2, 0) is 6.61 Å². The molecule has 2 saturated heterocycles. The van der Waals surface area contributed by atoms with E-state index in [2.05, 4.69) is 38.6 Å². The van der Waals surface area contributed by atoms with Crippen LogP contribution in [0.15, 0.2) is 36.4 Å². The Morgan fingerprint density at radius 1 is 0.714 bits per heavy atom. The maximum absolute atomic E-state index is 10.7. The highest BCUT2D eigenvalue weighted by molar-refractivity contribution is 6.29. The zero-order chi connectivity index (χ0) is 30.1. The first-order valence-corrected chi connectivity index (χ1v) is 15.1. The van der Waals surface area contributed by atoms with Gasteiger partial charge < -0.3 is 14.9 Å². The topological polar surface area (TPSA) is 99.5 Å². The summed E-state index contributed by atoms with van der Waals surface area (Å²) in [7, 11) is 0. The molecule has 6 atom stereocenters. The van der Waals surface area contributed by atoms with Crippen LogP contribution in [0.1, 0.15) is 57.2 Å². The lowest BCUT2D eigenvalue weighted by Gasteiger charge is -2.21. The smallest absolute Gasteiger partial charge is 0.151 e. The molecule has 0 spiro atoms. The number of aromatic nitrogens is 3. The van der Waals surface area contributed by atoms with Crippen molar-refractivity contribution in [3.05, 3.63) is 75.3 Å². The summed E-state index contributed by atoms with van der Waals surface area (Å²) in [5.74, 6) is 7.51. The zero-order valence-corrected chi connectivity index (χ0v) is 25.8. The van der Waals surface area contributed by atoms with Gasteiger partial charge in [0, 0.05) is 48.7 Å². The van der Waals surface area contributed by atoms with E-state index >= 15 is 0 Å². The quantitative estimate of drug-likeness (QED) is 0.314. The molecule has 2 aliphatic carbocycles. The highest BCUT2D eigenvalue weighted by Gasteiger charge is 2.53. The Kier molecular flexibility index (Phi) is 8.94. The molecule has 7 rings (SSSR count). The maximum atomic E-state index is 10.7. The molecule has 0 amide bonds. The lowest BCUT2D eigenvalue weighted by molar-refractivity contribution is 0.111. The fraction of sp³-hybridized carbons (Fsp3) is 0.485. The Hall–Kier alpha value is -3.36. The Balaban J connectivity index is 0.000000130. The van der Waals surface area contributed by atoms with E-state index in [4.69, 9.17) is 16.7 Å². The van der Waals surface area contributed by atoms with Crippen LogP contribution in [0.5, 0.6) is 0 Å². The Labute approximate surface area is 253 Å². The predicted octanol–water partition coefficient (Wildman–Crippen LogP) is 5.34. The summed E-state index contributed by atoms with van der Waals surface area (Å²) < 4.78 is 0. The normalized spacial score (nSPS) is 26.3. The summed E-state index contributed by atoms with van der Waals surface area (Å²) in [6.45, 7) is 15.0. The van der Waals surface area contributed by atoms with Gasteiger partial charge in [0.1, 0.15) is 16.8 Å². The summed E-state index contributed by atoms with van der Waals surface area (Å²) in [5, 5.41) is 9.52. The van der Waals surface area contributed by atoms with Crippen molar-refractivity contribution in [1.82, 2.24) is 15.0 Å². The summed E-state index contributed by atoms with van der Waals surface area (Å²) >= 11 is 5.55. The number of hydrogen-bond donors (Lipinski definition) is 1. The van der Waals surface area contributed by atoms with Crippen molar-refractivity contribution < 1.29 is 14.7 Å². The van der Waals surface area contributed by atoms with Gasteiger partial charge in [0.05, 0.1) is 12.3 Å². The number of rotatable bonds is 5. The molecule has 0 radical (unpaired) electrons. The van der Waals surface area contributed by atoms with Crippen molar-refractivity contribution in [3.8, 4) is 0 Å². The fourth-order valence-corrected chi connectivity index (χ4v) is 6.66. The van der Waals surface area contributed by atoms with Crippen LogP contribution in [0.3, 0.4) is 0 Å². The van der Waals surface area contributed by atoms with E-state index in [1.807, 2.05) is 38.1 Å². The number of carbonyl (C=O) groups excluding carboxylic acids is 2. The van der Waals surface area contributed by atoms with Crippen molar-refractivity contribution in [2.45, 2.75) is 41.2 Å². The number of aliphatic hydroxyl groups is 1. The molecule has 2 saturated carbocycles. The molecule has 5 heterocycles. The van der Waals surface area contributed by atoms with Gasteiger partial charge in [0.2, 0.25) is 0 Å². The second-order valence-electron chi connectivity index (χ2n) is 12.1. The standard InChI is InChI=1S/C13H18N2O.C13H16N2O.C7H6ClNO/c2*1-8-11-5-15(6-12(8)11)13-4-3-10(7-16)9(2)14-13;1-5-6(4-10)2-3-7(8)9-5/h3-4,8,11-12,16H,5-7H2,1-2H3;3-4,7-8,11-12H,5-6H2,1-2H3;2-4H,1H3/t2*8?,11-,12+;. The molecule has 4 aliphatic rings. The number of fused-ring (bicyclic) bond motifs is 2. The van der Waals surface area contributed by atoms with Crippen molar-refractivity contribution in [2.75, 3.05) is 36.0 Å². The maximum Gasteiger partial charge on any atom is 0.151 e. The van der Waals surface area contributed by atoms with Gasteiger partial charge in [-0.05, 0) is 92.2 Å². The molecule has 1 N–H and O–H groups in total. The molecule has 3 aromatic heterocycles. The van der Waals surface area contributed by atoms with E-state index in [-0.39, 0.29) is 6.61 Å². The summed E-state index contributed by atoms with van der Waals surface area (Å²) in [4.78, 5) is 38.6. The lowest BCUT2D eigenvalue weighted by Crippen LogP contribution is -2.24. The molecule has 9 heteroatoms. The van der Waals surface area contributed by atoms with Gasteiger partial charge in [0.25, 0.3) is 0 Å². The van der Waals surface area contributed by atoms with Crippen LogP contribution in [0.2, 0.25) is 5.15 Å². The molecular weight excluding hydrogens is 550 g/mol. The molecular formula is C33H40ClN5O3. The predicted molar refractivity (Wildman–Crippen MR) is 165 cm³/mol. The lowest BCUT2D eigenvalue weighted by atomic mass is 10.2. The number of anilines is 2. The number of pyridine rings is 3. The van der Waals surface area contributed by atoms with Crippen molar-refractivity contribution in [3.63, 3.8) is 0 Å². The van der Waals surface area contributed by atoms with Gasteiger partial charge in [-0.25, -0.2) is 15.0 Å². The third-order valence-electron chi connectivity index (χ3n) is 9.70. The number of aryl methyl sites for hydroxylation is 3. The summed E-state index contributed by atoms with van der Waals surface area (Å²) in [6.07, 6.45) is 1.63. The van der Waals surface area contributed by atoms with Crippen molar-refractivity contribution >= 4 is 35.8 Å². The molecule has 42 heavy (non-hydrogen) atoms. The first-order valence-electron chi connectivity index (χ1n) is 14.7. The van der Waals surface area contributed by atoms with Crippen LogP contribution in [0.25, 0.3) is 0 Å². The van der Waals surface area contributed by atoms with E-state index < -0.39 is 0 Å². The minimum Gasteiger partial charge on any atom is -0.392 e. The molecule has 3 aromatic rings. The number of piperidine rings is 2. The van der Waals surface area contributed by atoms with E-state index in [0.29, 0.717) is 22.0 Å². The van der Waals surface area contributed by atoms with Crippen LogP contribution in [-0.4, -0.2) is 58.8 Å². The van der Waals surface area contributed by atoms with Crippen molar-refractivity contribution in [2.24, 2.45) is 35.5 Å². The van der Waals surface area contributed by atoms with Crippen molar-refractivity contribution in [1.29, 1.82) is 0 Å². The third kappa shape index (κ3) is 6.35. The van der Waals surface area contributed by atoms with E-state index in [9.17, 15) is 9.59 Å². The molecule has 2 aliphatic heterocycles. The Bertz CT molecular complexity index is 1440. The van der Waals surface area contributed by atoms with Gasteiger partial charge >= 0.3 is 0 Å². The largest absolute Gasteiger partial charge is 0.392 e. The number of hydrogen-bond acceptors (Lipinski definition) is 8. The first-order chi connectivity index (χ1) is 20.1. The highest BCUT2D eigenvalue weighted by Crippen LogP contribution is 2.52. The molecule has 222 valence electrons. The molecule has 2 unspecified atom stereocenters. The Morgan fingerprint density at radius 2 is 1.14 bits per heavy atom. The number of aldehydes is 2. The second kappa shape index (κ2) is 12.5. The van der Waals surface area contributed by atoms with E-state index in [1.165, 1.54) is 0 Å². The monoisotopic (exact) mass is 589 g/mol. The average molecular weight is 590 g/mol. The average Bonchev–Trinajstić information content (AvgIpc) is 3.55. The van der Waals surface area contributed by atoms with Gasteiger partial charge in [-0.3, -0.25) is 9.59 Å².